The lowest BCUT2D eigenvalue weighted by molar-refractivity contribution is -0.303. The molecule has 0 radical (unpaired) electrons. The molecule has 1 aromatic rings. The van der Waals surface area contributed by atoms with Crippen molar-refractivity contribution in [2.45, 2.75) is 39.5 Å². The molecule has 1 fully saturated rings. The molecule has 7 nitrogen and oxygen atoms in total. The minimum absolute atomic E-state index is 0.243. The van der Waals surface area contributed by atoms with Crippen LogP contribution in [-0.4, -0.2) is 47.5 Å². The lowest BCUT2D eigenvalue weighted by Gasteiger charge is -2.17. The number of fused-ring (bicyclic) bond motifs is 1. The topological polar surface area (TPSA) is 93.1 Å². The number of unbranched alkanes of at least 4 members (excludes halogenated alkanes) is 2. The number of hydrogen-bond acceptors (Lipinski definition) is 6. The number of aliphatic imine (C=N–C) groups is 1. The highest BCUT2D eigenvalue weighted by Gasteiger charge is 2.42. The predicted molar refractivity (Wildman–Crippen MR) is 112 cm³/mol. The van der Waals surface area contributed by atoms with E-state index in [1.807, 2.05) is 0 Å². The number of carbonyl (C=O) groups is 3. The zero-order chi connectivity index (χ0) is 21.0. The number of anilines is 1. The standard InChI is InChI=1S/C21H25N3O4S/c1-3-5-11-22-21-23(12-6-4-2)20(28)18(29-21)17-14-9-7-8-10-15(14)24(19(17)27)13-16(25)26/h7-10H,3-6,11-13H2,1-2H3,(H,25,26)/p-1/b18-17-,22-21?. The number of aliphatic carboxylic acids is 1. The fraction of sp³-hybridized carbons (Fsp3) is 0.429. The minimum Gasteiger partial charge on any atom is -0.548 e. The minimum atomic E-state index is -1.35. The number of carboxylic acid groups (broad SMARTS) is 1. The van der Waals surface area contributed by atoms with Crippen LogP contribution in [0.5, 0.6) is 0 Å². The molecular formula is C21H24N3O4S-. The van der Waals surface area contributed by atoms with Gasteiger partial charge in [-0.3, -0.25) is 19.5 Å². The van der Waals surface area contributed by atoms with Gasteiger partial charge in [-0.1, -0.05) is 44.9 Å². The van der Waals surface area contributed by atoms with Crippen molar-refractivity contribution in [3.05, 3.63) is 34.7 Å². The Labute approximate surface area is 174 Å². The number of rotatable bonds is 8. The second-order valence-electron chi connectivity index (χ2n) is 6.91. The van der Waals surface area contributed by atoms with Crippen LogP contribution in [0.15, 0.2) is 34.2 Å². The van der Waals surface area contributed by atoms with Crippen LogP contribution >= 0.6 is 11.8 Å². The monoisotopic (exact) mass is 414 g/mol. The van der Waals surface area contributed by atoms with Crippen LogP contribution in [0, 0.1) is 0 Å². The summed E-state index contributed by atoms with van der Waals surface area (Å²) in [6.07, 6.45) is 3.70. The Morgan fingerprint density at radius 2 is 1.79 bits per heavy atom. The molecule has 0 atom stereocenters. The summed E-state index contributed by atoms with van der Waals surface area (Å²) in [7, 11) is 0. The van der Waals surface area contributed by atoms with E-state index in [2.05, 4.69) is 18.8 Å². The molecule has 2 aliphatic rings. The average molecular weight is 415 g/mol. The van der Waals surface area contributed by atoms with Crippen molar-refractivity contribution in [1.82, 2.24) is 4.90 Å². The molecule has 2 aliphatic heterocycles. The summed E-state index contributed by atoms with van der Waals surface area (Å²) in [5.74, 6) is -2.08. The molecule has 0 aromatic heterocycles. The maximum Gasteiger partial charge on any atom is 0.267 e. The van der Waals surface area contributed by atoms with Crippen LogP contribution in [0.4, 0.5) is 5.69 Å². The molecule has 0 aliphatic carbocycles. The first-order chi connectivity index (χ1) is 14.0. The average Bonchev–Trinajstić information content (AvgIpc) is 3.14. The zero-order valence-electron chi connectivity index (χ0n) is 16.6. The van der Waals surface area contributed by atoms with E-state index in [0.29, 0.717) is 34.4 Å². The fourth-order valence-corrected chi connectivity index (χ4v) is 4.43. The van der Waals surface area contributed by atoms with Crippen molar-refractivity contribution in [1.29, 1.82) is 0 Å². The molecule has 2 heterocycles. The highest BCUT2D eigenvalue weighted by atomic mass is 32.2. The van der Waals surface area contributed by atoms with Crippen LogP contribution in [0.2, 0.25) is 0 Å². The van der Waals surface area contributed by atoms with E-state index in [1.54, 1.807) is 29.2 Å². The lowest BCUT2D eigenvalue weighted by atomic mass is 10.1. The first-order valence-electron chi connectivity index (χ1n) is 9.89. The van der Waals surface area contributed by atoms with Gasteiger partial charge < -0.3 is 14.8 Å². The summed E-state index contributed by atoms with van der Waals surface area (Å²) < 4.78 is 0. The van der Waals surface area contributed by atoms with Crippen LogP contribution in [0.3, 0.4) is 0 Å². The van der Waals surface area contributed by atoms with Gasteiger partial charge >= 0.3 is 0 Å². The second-order valence-corrected chi connectivity index (χ2v) is 7.89. The third kappa shape index (κ3) is 4.22. The Morgan fingerprint density at radius 3 is 2.48 bits per heavy atom. The van der Waals surface area contributed by atoms with E-state index < -0.39 is 18.4 Å². The normalized spacial score (nSPS) is 20.1. The van der Waals surface area contributed by atoms with Crippen LogP contribution in [-0.2, 0) is 14.4 Å². The Morgan fingerprint density at radius 1 is 1.07 bits per heavy atom. The molecule has 0 saturated carbocycles. The van der Waals surface area contributed by atoms with E-state index in [1.165, 1.54) is 11.8 Å². The number of amides is 2. The van der Waals surface area contributed by atoms with Crippen molar-refractivity contribution in [3.8, 4) is 0 Å². The van der Waals surface area contributed by atoms with Gasteiger partial charge in [-0.2, -0.15) is 0 Å². The fourth-order valence-electron chi connectivity index (χ4n) is 3.31. The quantitative estimate of drug-likeness (QED) is 0.479. The number of benzene rings is 1. The Balaban J connectivity index is 2.04. The molecule has 2 amide bonds. The molecule has 3 rings (SSSR count). The van der Waals surface area contributed by atoms with Crippen LogP contribution in [0.25, 0.3) is 5.57 Å². The maximum absolute atomic E-state index is 13.2. The van der Waals surface area contributed by atoms with Crippen molar-refractivity contribution in [2.75, 3.05) is 24.5 Å². The second kappa shape index (κ2) is 9.26. The van der Waals surface area contributed by atoms with Gasteiger partial charge in [0.2, 0.25) is 0 Å². The molecule has 0 unspecified atom stereocenters. The number of carboxylic acids is 1. The van der Waals surface area contributed by atoms with E-state index >= 15 is 0 Å². The van der Waals surface area contributed by atoms with Gasteiger partial charge in [-0.05, 0) is 30.7 Å². The summed E-state index contributed by atoms with van der Waals surface area (Å²) in [5.41, 5.74) is 1.30. The molecule has 29 heavy (non-hydrogen) atoms. The third-order valence-electron chi connectivity index (χ3n) is 4.80. The van der Waals surface area contributed by atoms with Gasteiger partial charge in [0.05, 0.1) is 28.7 Å². The molecule has 154 valence electrons. The highest BCUT2D eigenvalue weighted by molar-refractivity contribution is 8.18. The Kier molecular flexibility index (Phi) is 6.74. The van der Waals surface area contributed by atoms with Crippen LogP contribution < -0.4 is 10.0 Å². The Bertz CT molecular complexity index is 894. The maximum atomic E-state index is 13.2. The summed E-state index contributed by atoms with van der Waals surface area (Å²) in [6, 6.07) is 6.92. The number of nitrogens with zero attached hydrogens (tertiary/aromatic N) is 3. The van der Waals surface area contributed by atoms with Crippen molar-refractivity contribution in [2.24, 2.45) is 4.99 Å². The van der Waals surface area contributed by atoms with Crippen molar-refractivity contribution < 1.29 is 19.5 Å². The first-order valence-corrected chi connectivity index (χ1v) is 10.7. The number of thioether (sulfide) groups is 1. The molecular weight excluding hydrogens is 390 g/mol. The third-order valence-corrected chi connectivity index (χ3v) is 5.91. The molecule has 1 aromatic carbocycles. The number of para-hydroxylation sites is 1. The molecule has 0 N–H and O–H groups in total. The molecule has 1 saturated heterocycles. The summed E-state index contributed by atoms with van der Waals surface area (Å²) in [5, 5.41) is 11.8. The zero-order valence-corrected chi connectivity index (χ0v) is 17.5. The van der Waals surface area contributed by atoms with Crippen molar-refractivity contribution >= 4 is 46.0 Å². The summed E-state index contributed by atoms with van der Waals surface area (Å²) >= 11 is 1.21. The number of hydrogen-bond donors (Lipinski definition) is 0. The van der Waals surface area contributed by atoms with Gasteiger partial charge in [-0.25, -0.2) is 0 Å². The van der Waals surface area contributed by atoms with Gasteiger partial charge in [-0.15, -0.1) is 0 Å². The van der Waals surface area contributed by atoms with Gasteiger partial charge in [0.1, 0.15) is 0 Å². The summed E-state index contributed by atoms with van der Waals surface area (Å²) in [4.78, 5) is 45.1. The summed E-state index contributed by atoms with van der Waals surface area (Å²) in [6.45, 7) is 4.74. The van der Waals surface area contributed by atoms with Gasteiger partial charge in [0.15, 0.2) is 5.17 Å². The number of carbonyl (C=O) groups excluding carboxylic acids is 3. The lowest BCUT2D eigenvalue weighted by Crippen LogP contribution is -2.39. The first kappa shape index (κ1) is 21.1. The molecule has 8 heteroatoms. The SMILES string of the molecule is CCCCN=C1S/C(=C2\C(=O)N(CC(=O)[O-])c3ccccc32)C(=O)N1CCCC. The highest BCUT2D eigenvalue weighted by Crippen LogP contribution is 2.44. The van der Waals surface area contributed by atoms with E-state index in [9.17, 15) is 19.5 Å². The molecule has 0 bridgehead atoms. The smallest absolute Gasteiger partial charge is 0.267 e. The Hall–Kier alpha value is -2.61. The van der Waals surface area contributed by atoms with Gasteiger partial charge in [0, 0.05) is 18.7 Å². The van der Waals surface area contributed by atoms with Crippen LogP contribution in [0.1, 0.15) is 45.1 Å². The number of amidine groups is 1. The largest absolute Gasteiger partial charge is 0.548 e. The van der Waals surface area contributed by atoms with Gasteiger partial charge in [0.25, 0.3) is 11.8 Å². The van der Waals surface area contributed by atoms with Crippen molar-refractivity contribution in [3.63, 3.8) is 0 Å². The van der Waals surface area contributed by atoms with E-state index in [-0.39, 0.29) is 11.5 Å². The molecule has 0 spiro atoms. The van der Waals surface area contributed by atoms with E-state index in [0.717, 1.165) is 30.6 Å². The predicted octanol–water partition coefficient (Wildman–Crippen LogP) is 2.03. The van der Waals surface area contributed by atoms with E-state index in [4.69, 9.17) is 0 Å².